The molecule has 1 aromatic rings. The zero-order valence-corrected chi connectivity index (χ0v) is 9.24. The predicted octanol–water partition coefficient (Wildman–Crippen LogP) is 3.19. The topological polar surface area (TPSA) is 20.2 Å². The van der Waals surface area contributed by atoms with Crippen LogP contribution in [0.15, 0.2) is 16.6 Å². The Morgan fingerprint density at radius 3 is 2.31 bits per heavy atom. The molecule has 0 fully saturated rings. The summed E-state index contributed by atoms with van der Waals surface area (Å²) >= 11 is 2.72. The quantitative estimate of drug-likeness (QED) is 0.657. The molecule has 90 valence electrons. The van der Waals surface area contributed by atoms with Crippen molar-refractivity contribution in [3.05, 3.63) is 33.8 Å². The Hall–Kier alpha value is -0.690. The molecule has 0 saturated heterocycles. The first-order chi connectivity index (χ1) is 7.23. The lowest BCUT2D eigenvalue weighted by atomic mass is 10.1. The Morgan fingerprint density at radius 1 is 1.25 bits per heavy atom. The zero-order valence-electron chi connectivity index (χ0n) is 7.65. The Labute approximate surface area is 96.0 Å². The molecule has 1 atom stereocenters. The lowest BCUT2D eigenvalue weighted by Gasteiger charge is -2.15. The third-order valence-corrected chi connectivity index (χ3v) is 2.53. The van der Waals surface area contributed by atoms with Crippen molar-refractivity contribution in [1.82, 2.24) is 0 Å². The first-order valence-corrected chi connectivity index (χ1v) is 4.90. The van der Waals surface area contributed by atoms with Crippen LogP contribution in [0.2, 0.25) is 0 Å². The molecular formula is C9H6BrF5O. The van der Waals surface area contributed by atoms with Crippen LogP contribution in [0.1, 0.15) is 5.56 Å². The summed E-state index contributed by atoms with van der Waals surface area (Å²) < 4.78 is 62.1. The van der Waals surface area contributed by atoms with Crippen LogP contribution in [0.5, 0.6) is 0 Å². The average Bonchev–Trinajstić information content (AvgIpc) is 2.17. The van der Waals surface area contributed by atoms with E-state index < -0.39 is 35.9 Å². The maximum atomic E-state index is 13.2. The maximum Gasteiger partial charge on any atom is 0.414 e. The van der Waals surface area contributed by atoms with Crippen LogP contribution in [-0.2, 0) is 6.42 Å². The number of hydrogen-bond donors (Lipinski definition) is 1. The van der Waals surface area contributed by atoms with Gasteiger partial charge in [0.25, 0.3) is 0 Å². The highest BCUT2D eigenvalue weighted by Gasteiger charge is 2.39. The summed E-state index contributed by atoms with van der Waals surface area (Å²) in [7, 11) is 0. The molecule has 1 aromatic carbocycles. The minimum Gasteiger partial charge on any atom is -0.383 e. The van der Waals surface area contributed by atoms with Crippen molar-refractivity contribution in [3.8, 4) is 0 Å². The summed E-state index contributed by atoms with van der Waals surface area (Å²) in [4.78, 5) is 0. The minimum absolute atomic E-state index is 0.154. The summed E-state index contributed by atoms with van der Waals surface area (Å²) in [6.07, 6.45) is -8.84. The van der Waals surface area contributed by atoms with Gasteiger partial charge in [-0.25, -0.2) is 8.78 Å². The van der Waals surface area contributed by atoms with Crippen molar-refractivity contribution in [3.63, 3.8) is 0 Å². The van der Waals surface area contributed by atoms with Gasteiger partial charge in [0, 0.05) is 12.0 Å². The van der Waals surface area contributed by atoms with E-state index in [4.69, 9.17) is 5.11 Å². The van der Waals surface area contributed by atoms with E-state index in [0.29, 0.717) is 0 Å². The Kier molecular flexibility index (Phi) is 3.90. The fourth-order valence-electron chi connectivity index (χ4n) is 1.07. The highest BCUT2D eigenvalue weighted by Crippen LogP contribution is 2.27. The van der Waals surface area contributed by atoms with Gasteiger partial charge in [-0.1, -0.05) is 0 Å². The normalized spacial score (nSPS) is 13.9. The van der Waals surface area contributed by atoms with Crippen molar-refractivity contribution in [1.29, 1.82) is 0 Å². The summed E-state index contributed by atoms with van der Waals surface area (Å²) in [5, 5.41) is 8.71. The molecule has 1 unspecified atom stereocenters. The third-order valence-electron chi connectivity index (χ3n) is 1.91. The van der Waals surface area contributed by atoms with E-state index >= 15 is 0 Å². The van der Waals surface area contributed by atoms with Crippen molar-refractivity contribution in [2.45, 2.75) is 18.7 Å². The molecule has 0 saturated carbocycles. The van der Waals surface area contributed by atoms with Crippen LogP contribution >= 0.6 is 15.9 Å². The lowest BCUT2D eigenvalue weighted by Crippen LogP contribution is -2.31. The summed E-state index contributed by atoms with van der Waals surface area (Å²) in [5.41, 5.74) is -0.792. The molecule has 0 spiro atoms. The molecule has 0 aromatic heterocycles. The zero-order chi connectivity index (χ0) is 12.5. The molecule has 1 rings (SSSR count). The van der Waals surface area contributed by atoms with Gasteiger partial charge in [0.15, 0.2) is 6.10 Å². The number of hydrogen-bond acceptors (Lipinski definition) is 1. The molecular weight excluding hydrogens is 299 g/mol. The van der Waals surface area contributed by atoms with Crippen LogP contribution in [0.25, 0.3) is 0 Å². The summed E-state index contributed by atoms with van der Waals surface area (Å²) in [6.45, 7) is 0. The van der Waals surface area contributed by atoms with Gasteiger partial charge in [-0.05, 0) is 28.1 Å². The standard InChI is InChI=1S/C9H6BrF5O/c10-5-1-2-6(11)4(8(5)12)3-7(16)9(13,14)15/h1-2,7,16H,3H2. The van der Waals surface area contributed by atoms with E-state index in [1.807, 2.05) is 0 Å². The molecule has 0 aliphatic rings. The van der Waals surface area contributed by atoms with Crippen molar-refractivity contribution in [2.24, 2.45) is 0 Å². The largest absolute Gasteiger partial charge is 0.414 e. The molecule has 0 radical (unpaired) electrons. The van der Waals surface area contributed by atoms with E-state index in [0.717, 1.165) is 12.1 Å². The molecule has 7 heteroatoms. The number of alkyl halides is 3. The van der Waals surface area contributed by atoms with Gasteiger partial charge >= 0.3 is 6.18 Å². The second-order valence-corrected chi connectivity index (χ2v) is 3.94. The first kappa shape index (κ1) is 13.4. The van der Waals surface area contributed by atoms with Gasteiger partial charge in [-0.2, -0.15) is 13.2 Å². The lowest BCUT2D eigenvalue weighted by molar-refractivity contribution is -0.203. The van der Waals surface area contributed by atoms with Gasteiger partial charge in [0.05, 0.1) is 4.47 Å². The second-order valence-electron chi connectivity index (χ2n) is 3.08. The third kappa shape index (κ3) is 2.91. The fourth-order valence-corrected chi connectivity index (χ4v) is 1.44. The summed E-state index contributed by atoms with van der Waals surface area (Å²) in [6, 6.07) is 1.86. The Morgan fingerprint density at radius 2 is 1.81 bits per heavy atom. The Bertz CT molecular complexity index is 390. The highest BCUT2D eigenvalue weighted by molar-refractivity contribution is 9.10. The molecule has 0 aliphatic carbocycles. The number of halogens is 6. The second kappa shape index (κ2) is 4.67. The van der Waals surface area contributed by atoms with Gasteiger partial charge in [-0.15, -0.1) is 0 Å². The number of aliphatic hydroxyl groups is 1. The number of benzene rings is 1. The van der Waals surface area contributed by atoms with Crippen molar-refractivity contribution >= 4 is 15.9 Å². The van der Waals surface area contributed by atoms with Crippen LogP contribution < -0.4 is 0 Å². The predicted molar refractivity (Wildman–Crippen MR) is 49.8 cm³/mol. The molecule has 16 heavy (non-hydrogen) atoms. The molecule has 0 amide bonds. The Balaban J connectivity index is 3.02. The molecule has 0 heterocycles. The highest BCUT2D eigenvalue weighted by atomic mass is 79.9. The smallest absolute Gasteiger partial charge is 0.383 e. The van der Waals surface area contributed by atoms with Crippen molar-refractivity contribution < 1.29 is 27.1 Å². The monoisotopic (exact) mass is 304 g/mol. The first-order valence-electron chi connectivity index (χ1n) is 4.10. The van der Waals surface area contributed by atoms with Gasteiger partial charge in [0.1, 0.15) is 11.6 Å². The van der Waals surface area contributed by atoms with E-state index in [9.17, 15) is 22.0 Å². The van der Waals surface area contributed by atoms with Crippen LogP contribution in [0.4, 0.5) is 22.0 Å². The molecule has 1 nitrogen and oxygen atoms in total. The van der Waals surface area contributed by atoms with Crippen LogP contribution in [-0.4, -0.2) is 17.4 Å². The van der Waals surface area contributed by atoms with Gasteiger partial charge < -0.3 is 5.11 Å². The number of aliphatic hydroxyl groups excluding tert-OH is 1. The van der Waals surface area contributed by atoms with E-state index in [-0.39, 0.29) is 4.47 Å². The SMILES string of the molecule is OC(Cc1c(F)ccc(Br)c1F)C(F)(F)F. The maximum absolute atomic E-state index is 13.2. The van der Waals surface area contributed by atoms with E-state index in [2.05, 4.69) is 15.9 Å². The van der Waals surface area contributed by atoms with Crippen LogP contribution in [0.3, 0.4) is 0 Å². The number of rotatable bonds is 2. The van der Waals surface area contributed by atoms with E-state index in [1.165, 1.54) is 0 Å². The minimum atomic E-state index is -4.90. The molecule has 1 N–H and O–H groups in total. The molecule has 0 bridgehead atoms. The van der Waals surface area contributed by atoms with E-state index in [1.54, 1.807) is 0 Å². The molecule has 0 aliphatic heterocycles. The van der Waals surface area contributed by atoms with Crippen molar-refractivity contribution in [2.75, 3.05) is 0 Å². The van der Waals surface area contributed by atoms with Gasteiger partial charge in [-0.3, -0.25) is 0 Å². The van der Waals surface area contributed by atoms with Crippen LogP contribution in [0, 0.1) is 11.6 Å². The fraction of sp³-hybridized carbons (Fsp3) is 0.333. The summed E-state index contributed by atoms with van der Waals surface area (Å²) in [5.74, 6) is -2.26. The van der Waals surface area contributed by atoms with Gasteiger partial charge in [0.2, 0.25) is 0 Å². The average molecular weight is 305 g/mol.